The zero-order chi connectivity index (χ0) is 14.7. The molecule has 0 amide bonds. The maximum atomic E-state index is 13.3. The Morgan fingerprint density at radius 1 is 1.40 bits per heavy atom. The fourth-order valence-corrected chi connectivity index (χ4v) is 1.83. The van der Waals surface area contributed by atoms with Crippen LogP contribution in [0.2, 0.25) is 5.15 Å². The summed E-state index contributed by atoms with van der Waals surface area (Å²) in [7, 11) is 0. The van der Waals surface area contributed by atoms with E-state index in [2.05, 4.69) is 15.3 Å². The maximum absolute atomic E-state index is 13.3. The molecule has 0 unspecified atom stereocenters. The summed E-state index contributed by atoms with van der Waals surface area (Å²) in [6.45, 7) is 3.72. The molecule has 1 aromatic carbocycles. The van der Waals surface area contributed by atoms with Crippen molar-refractivity contribution in [1.82, 2.24) is 9.97 Å². The maximum Gasteiger partial charge on any atom is 0.141 e. The van der Waals surface area contributed by atoms with Crippen LogP contribution in [0, 0.1) is 24.1 Å². The van der Waals surface area contributed by atoms with Gasteiger partial charge in [-0.25, -0.2) is 14.4 Å². The van der Waals surface area contributed by atoms with E-state index in [0.717, 1.165) is 0 Å². The molecule has 6 heteroatoms. The second-order valence-electron chi connectivity index (χ2n) is 4.19. The summed E-state index contributed by atoms with van der Waals surface area (Å²) >= 11 is 6.04. The normalized spacial score (nSPS) is 10.2. The third-order valence-electron chi connectivity index (χ3n) is 2.80. The Morgan fingerprint density at radius 3 is 2.80 bits per heavy atom. The van der Waals surface area contributed by atoms with E-state index >= 15 is 0 Å². The minimum Gasteiger partial charge on any atom is -0.340 e. The van der Waals surface area contributed by atoms with Crippen LogP contribution >= 0.6 is 11.6 Å². The van der Waals surface area contributed by atoms with Crippen molar-refractivity contribution in [3.63, 3.8) is 0 Å². The lowest BCUT2D eigenvalue weighted by atomic mass is 10.2. The Balaban J connectivity index is 2.40. The molecule has 0 fully saturated rings. The molecule has 0 saturated heterocycles. The fourth-order valence-electron chi connectivity index (χ4n) is 1.64. The van der Waals surface area contributed by atoms with Gasteiger partial charge < -0.3 is 5.32 Å². The van der Waals surface area contributed by atoms with Crippen LogP contribution < -0.4 is 5.32 Å². The fraction of sp³-hybridized carbons (Fsp3) is 0.214. The zero-order valence-electron chi connectivity index (χ0n) is 11.0. The Bertz CT molecular complexity index is 694. The second kappa shape index (κ2) is 5.85. The Morgan fingerprint density at radius 2 is 2.15 bits per heavy atom. The molecule has 2 rings (SSSR count). The standard InChI is InChI=1S/C14H12ClFN4/c1-3-12-19-13(15)8(2)14(20-12)18-10-4-5-11(16)9(6-10)7-17/h4-6H,3H2,1-2H3,(H,18,19,20). The third-order valence-corrected chi connectivity index (χ3v) is 3.17. The lowest BCUT2D eigenvalue weighted by Crippen LogP contribution is -2.03. The highest BCUT2D eigenvalue weighted by atomic mass is 35.5. The first-order chi connectivity index (χ1) is 9.55. The van der Waals surface area contributed by atoms with Crippen molar-refractivity contribution in [2.24, 2.45) is 0 Å². The topological polar surface area (TPSA) is 61.6 Å². The van der Waals surface area contributed by atoms with Crippen LogP contribution in [0.3, 0.4) is 0 Å². The van der Waals surface area contributed by atoms with Gasteiger partial charge in [-0.3, -0.25) is 0 Å². The van der Waals surface area contributed by atoms with E-state index in [1.165, 1.54) is 18.2 Å². The minimum absolute atomic E-state index is 0.0245. The van der Waals surface area contributed by atoms with Gasteiger partial charge in [-0.15, -0.1) is 0 Å². The van der Waals surface area contributed by atoms with Gasteiger partial charge in [0.1, 0.15) is 28.7 Å². The molecule has 20 heavy (non-hydrogen) atoms. The summed E-state index contributed by atoms with van der Waals surface area (Å²) in [6, 6.07) is 6.00. The van der Waals surface area contributed by atoms with E-state index in [4.69, 9.17) is 16.9 Å². The quantitative estimate of drug-likeness (QED) is 0.874. The molecule has 0 aliphatic rings. The third kappa shape index (κ3) is 2.86. The number of aryl methyl sites for hydroxylation is 1. The molecule has 0 aliphatic heterocycles. The number of hydrogen-bond donors (Lipinski definition) is 1. The number of hydrogen-bond acceptors (Lipinski definition) is 4. The first-order valence-electron chi connectivity index (χ1n) is 6.04. The van der Waals surface area contributed by atoms with E-state index < -0.39 is 5.82 Å². The van der Waals surface area contributed by atoms with Crippen molar-refractivity contribution < 1.29 is 4.39 Å². The predicted molar refractivity (Wildman–Crippen MR) is 75.6 cm³/mol. The molecule has 0 spiro atoms. The highest BCUT2D eigenvalue weighted by Crippen LogP contribution is 2.24. The van der Waals surface area contributed by atoms with Crippen LogP contribution in [0.15, 0.2) is 18.2 Å². The molecule has 0 radical (unpaired) electrons. The smallest absolute Gasteiger partial charge is 0.141 e. The van der Waals surface area contributed by atoms with Crippen molar-refractivity contribution in [2.45, 2.75) is 20.3 Å². The van der Waals surface area contributed by atoms with Crippen LogP contribution in [0.4, 0.5) is 15.9 Å². The van der Waals surface area contributed by atoms with Gasteiger partial charge in [0.15, 0.2) is 0 Å². The minimum atomic E-state index is -0.551. The number of benzene rings is 1. The summed E-state index contributed by atoms with van der Waals surface area (Å²) in [5.41, 5.74) is 1.25. The summed E-state index contributed by atoms with van der Waals surface area (Å²) < 4.78 is 13.3. The average Bonchev–Trinajstić information content (AvgIpc) is 2.45. The van der Waals surface area contributed by atoms with Crippen molar-refractivity contribution in [1.29, 1.82) is 5.26 Å². The van der Waals surface area contributed by atoms with Crippen molar-refractivity contribution >= 4 is 23.1 Å². The van der Waals surface area contributed by atoms with E-state index in [-0.39, 0.29) is 5.56 Å². The molecule has 4 nitrogen and oxygen atoms in total. The monoisotopic (exact) mass is 290 g/mol. The van der Waals surface area contributed by atoms with E-state index in [0.29, 0.717) is 34.5 Å². The molecule has 0 bridgehead atoms. The molecular weight excluding hydrogens is 279 g/mol. The van der Waals surface area contributed by atoms with Crippen LogP contribution in [0.5, 0.6) is 0 Å². The number of nitrogens with zero attached hydrogens (tertiary/aromatic N) is 3. The summed E-state index contributed by atoms with van der Waals surface area (Å²) in [5.74, 6) is 0.618. The lowest BCUT2D eigenvalue weighted by Gasteiger charge is -2.11. The largest absolute Gasteiger partial charge is 0.340 e. The first kappa shape index (κ1) is 14.2. The average molecular weight is 291 g/mol. The van der Waals surface area contributed by atoms with Gasteiger partial charge in [0.05, 0.1) is 5.56 Å². The van der Waals surface area contributed by atoms with E-state index in [1.54, 1.807) is 13.0 Å². The molecule has 102 valence electrons. The van der Waals surface area contributed by atoms with Crippen LogP contribution in [0.1, 0.15) is 23.9 Å². The molecular formula is C14H12ClFN4. The Kier molecular flexibility index (Phi) is 4.16. The number of anilines is 2. The van der Waals surface area contributed by atoms with Crippen LogP contribution in [0.25, 0.3) is 0 Å². The molecule has 1 heterocycles. The van der Waals surface area contributed by atoms with Gasteiger partial charge in [-0.05, 0) is 25.1 Å². The zero-order valence-corrected chi connectivity index (χ0v) is 11.8. The van der Waals surface area contributed by atoms with E-state index in [9.17, 15) is 4.39 Å². The van der Waals surface area contributed by atoms with Crippen LogP contribution in [-0.4, -0.2) is 9.97 Å². The molecule has 2 aromatic rings. The molecule has 0 atom stereocenters. The van der Waals surface area contributed by atoms with Crippen LogP contribution in [-0.2, 0) is 6.42 Å². The summed E-state index contributed by atoms with van der Waals surface area (Å²) in [5, 5.41) is 12.2. The lowest BCUT2D eigenvalue weighted by molar-refractivity contribution is 0.624. The molecule has 0 aliphatic carbocycles. The molecule has 1 aromatic heterocycles. The first-order valence-corrected chi connectivity index (χ1v) is 6.42. The predicted octanol–water partition coefficient (Wildman–Crippen LogP) is 3.76. The summed E-state index contributed by atoms with van der Waals surface area (Å²) in [6.07, 6.45) is 0.654. The van der Waals surface area contributed by atoms with Crippen molar-refractivity contribution in [2.75, 3.05) is 5.32 Å². The number of rotatable bonds is 3. The van der Waals surface area contributed by atoms with Gasteiger partial charge in [-0.1, -0.05) is 18.5 Å². The second-order valence-corrected chi connectivity index (χ2v) is 4.55. The highest BCUT2D eigenvalue weighted by molar-refractivity contribution is 6.30. The number of nitriles is 1. The van der Waals surface area contributed by atoms with Crippen molar-refractivity contribution in [3.05, 3.63) is 46.1 Å². The SMILES string of the molecule is CCc1nc(Cl)c(C)c(Nc2ccc(F)c(C#N)c2)n1. The van der Waals surface area contributed by atoms with Gasteiger partial charge in [-0.2, -0.15) is 5.26 Å². The summed E-state index contributed by atoms with van der Waals surface area (Å²) in [4.78, 5) is 8.48. The van der Waals surface area contributed by atoms with Gasteiger partial charge >= 0.3 is 0 Å². The molecule has 1 N–H and O–H groups in total. The molecule has 0 saturated carbocycles. The Labute approximate surface area is 121 Å². The van der Waals surface area contributed by atoms with Gasteiger partial charge in [0, 0.05) is 17.7 Å². The van der Waals surface area contributed by atoms with Gasteiger partial charge in [0.2, 0.25) is 0 Å². The highest BCUT2D eigenvalue weighted by Gasteiger charge is 2.10. The van der Waals surface area contributed by atoms with Gasteiger partial charge in [0.25, 0.3) is 0 Å². The number of aromatic nitrogens is 2. The number of halogens is 2. The van der Waals surface area contributed by atoms with E-state index in [1.807, 2.05) is 6.92 Å². The van der Waals surface area contributed by atoms with Crippen molar-refractivity contribution in [3.8, 4) is 6.07 Å². The number of nitrogens with one attached hydrogen (secondary N) is 1. The Hall–Kier alpha value is -2.19.